The Bertz CT molecular complexity index is 248. The Morgan fingerprint density at radius 3 is 0.952 bits per heavy atom. The van der Waals surface area contributed by atoms with E-state index in [1.807, 2.05) is 0 Å². The second-order valence-corrected chi connectivity index (χ2v) is 2.42. The zero-order valence-corrected chi connectivity index (χ0v) is 30.3. The molecule has 0 spiro atoms. The van der Waals surface area contributed by atoms with E-state index in [1.54, 1.807) is 0 Å². The van der Waals surface area contributed by atoms with Gasteiger partial charge in [-0.1, -0.05) is 0 Å². The normalized spacial score (nSPS) is 6.71. The number of carbonyl (C=O) groups excluding carboxylic acids is 3. The fourth-order valence-corrected chi connectivity index (χ4v) is 0.684. The van der Waals surface area contributed by atoms with Crippen molar-refractivity contribution < 1.29 is 271 Å². The molecule has 0 aliphatic heterocycles. The smallest absolute Gasteiger partial charge is 0.550 e. The van der Waals surface area contributed by atoms with Crippen LogP contribution in [0.5, 0.6) is 0 Å². The molecule has 21 heavy (non-hydrogen) atoms. The van der Waals surface area contributed by atoms with Gasteiger partial charge in [-0.05, 0) is 0 Å². The maximum Gasteiger partial charge on any atom is 1.00 e. The van der Waals surface area contributed by atoms with Crippen molar-refractivity contribution in [3.05, 3.63) is 0 Å². The fourth-order valence-electron chi connectivity index (χ4n) is 0.684. The van der Waals surface area contributed by atoms with Crippen LogP contribution in [0.15, 0.2) is 0 Å². The molecule has 15 heteroatoms. The van der Waals surface area contributed by atoms with E-state index < -0.39 is 36.4 Å². The second-order valence-electron chi connectivity index (χ2n) is 2.42. The minimum absolute atomic E-state index is 0. The number of aliphatic hydroxyl groups is 1. The van der Waals surface area contributed by atoms with Crippen LogP contribution >= 0.6 is 0 Å². The summed E-state index contributed by atoms with van der Waals surface area (Å²) in [5.74, 6) is -5.98. The molecule has 0 amide bonds. The van der Waals surface area contributed by atoms with Crippen molar-refractivity contribution in [2.24, 2.45) is 0 Å². The van der Waals surface area contributed by atoms with Crippen molar-refractivity contribution >= 4 is 17.9 Å². The van der Waals surface area contributed by atoms with Gasteiger partial charge in [-0.2, -0.15) is 0 Å². The number of hydrogen-bond acceptors (Lipinski definition) is 7. The van der Waals surface area contributed by atoms with Gasteiger partial charge in [0, 0.05) is 24.8 Å². The van der Waals surface area contributed by atoms with Crippen LogP contribution in [0.25, 0.3) is 0 Å². The molecule has 0 aliphatic rings. The van der Waals surface area contributed by atoms with Gasteiger partial charge in [0.15, 0.2) is 0 Å². The van der Waals surface area contributed by atoms with Gasteiger partial charge in [0.1, 0.15) is 5.60 Å². The van der Waals surface area contributed by atoms with E-state index in [1.165, 1.54) is 0 Å². The first-order valence-corrected chi connectivity index (χ1v) is 3.11. The number of carboxylic acid groups (broad SMARTS) is 3. The van der Waals surface area contributed by atoms with Crippen LogP contribution in [0.4, 0.5) is 0 Å². The topological polar surface area (TPSA) is 141 Å². The van der Waals surface area contributed by atoms with Gasteiger partial charge in [-0.25, -0.2) is 0 Å². The van der Waals surface area contributed by atoms with E-state index in [2.05, 4.69) is 0 Å². The molecule has 0 heterocycles. The molecule has 0 saturated carbocycles. The van der Waals surface area contributed by atoms with Gasteiger partial charge in [-0.15, -0.1) is 0 Å². The van der Waals surface area contributed by atoms with Crippen molar-refractivity contribution in [2.45, 2.75) is 18.4 Å². The molecule has 0 fully saturated rings. The number of carbonyl (C=O) groups is 3. The van der Waals surface area contributed by atoms with Crippen molar-refractivity contribution in [1.29, 1.82) is 0 Å². The average Bonchev–Trinajstić information content (AvgIpc) is 1.82. The quantitative estimate of drug-likeness (QED) is 0.472. The van der Waals surface area contributed by atoms with Gasteiger partial charge in [-0.3, -0.25) is 0 Å². The molecule has 0 aromatic heterocycles. The summed E-state index contributed by atoms with van der Waals surface area (Å²) in [4.78, 5) is 30.0. The molecule has 1 N–H and O–H groups in total. The summed E-state index contributed by atoms with van der Waals surface area (Å²) in [5, 5.41) is 38.9. The summed E-state index contributed by atoms with van der Waals surface area (Å²) in [6.45, 7) is 0. The Kier molecular flexibility index (Phi) is 83.5. The summed E-state index contributed by atoms with van der Waals surface area (Å²) in [6, 6.07) is 0. The molecule has 0 bridgehead atoms. The molecule has 0 aromatic carbocycles. The molecular weight excluding hydrogens is 368 g/mol. The number of aliphatic carboxylic acids is 3. The third-order valence-corrected chi connectivity index (χ3v) is 1.25. The first-order valence-electron chi connectivity index (χ1n) is 3.11. The SMILES string of the molecule is O=C([O-])CC(O)(CC(=O)[O-])C(=O)[O-].[Na+].[Na+].[Na+].[Na+].[Na+].[Na+].[Na+].[Na+]. The molecular formula is C6H5Na8O7+5. The van der Waals surface area contributed by atoms with E-state index >= 15 is 0 Å². The molecule has 0 aromatic rings. The summed E-state index contributed by atoms with van der Waals surface area (Å²) in [6.07, 6.45) is -2.72. The van der Waals surface area contributed by atoms with Crippen LogP contribution in [0.1, 0.15) is 12.8 Å². The van der Waals surface area contributed by atoms with Crippen LogP contribution in [0.3, 0.4) is 0 Å². The first-order chi connectivity index (χ1) is 5.78. The standard InChI is InChI=1S/C6H8O7.8Na/c7-3(8)1-6(13,5(11)12)2-4(9)10;;;;;;;;/h13H,1-2H2,(H,7,8)(H,9,10)(H,11,12);;;;;;;;/q;8*+1/p-3. The number of carboxylic acids is 3. The fraction of sp³-hybridized carbons (Fsp3) is 0.500. The summed E-state index contributed by atoms with van der Waals surface area (Å²) in [7, 11) is 0. The molecule has 0 saturated heterocycles. The average molecular weight is 373 g/mol. The van der Waals surface area contributed by atoms with Crippen molar-refractivity contribution in [2.75, 3.05) is 0 Å². The molecule has 0 radical (unpaired) electrons. The minimum atomic E-state index is -2.97. The Morgan fingerprint density at radius 1 is 0.667 bits per heavy atom. The predicted octanol–water partition coefficient (Wildman–Crippen LogP) is -29.2. The van der Waals surface area contributed by atoms with Crippen molar-refractivity contribution in [1.82, 2.24) is 0 Å². The van der Waals surface area contributed by atoms with Crippen LogP contribution in [-0.4, -0.2) is 28.6 Å². The molecule has 74 valence electrons. The Labute approximate surface area is 300 Å². The van der Waals surface area contributed by atoms with Crippen molar-refractivity contribution in [3.63, 3.8) is 0 Å². The third-order valence-electron chi connectivity index (χ3n) is 1.25. The molecule has 7 nitrogen and oxygen atoms in total. The van der Waals surface area contributed by atoms with Gasteiger partial charge >= 0.3 is 236 Å². The van der Waals surface area contributed by atoms with Crippen LogP contribution < -0.4 is 252 Å². The molecule has 0 atom stereocenters. The van der Waals surface area contributed by atoms with Crippen LogP contribution in [-0.2, 0) is 14.4 Å². The second kappa shape index (κ2) is 31.1. The summed E-state index contributed by atoms with van der Waals surface area (Å²) in [5.41, 5.74) is -2.97. The third kappa shape index (κ3) is 31.3. The van der Waals surface area contributed by atoms with Gasteiger partial charge in [0.25, 0.3) is 0 Å². The van der Waals surface area contributed by atoms with Gasteiger partial charge < -0.3 is 34.8 Å². The minimum Gasteiger partial charge on any atom is -0.550 e. The van der Waals surface area contributed by atoms with Crippen molar-refractivity contribution in [3.8, 4) is 0 Å². The van der Waals surface area contributed by atoms with E-state index in [-0.39, 0.29) is 236 Å². The summed E-state index contributed by atoms with van der Waals surface area (Å²) < 4.78 is 0. The molecule has 0 rings (SSSR count). The Morgan fingerprint density at radius 2 is 0.857 bits per heavy atom. The first kappa shape index (κ1) is 56.4. The zero-order valence-electron chi connectivity index (χ0n) is 14.3. The number of rotatable bonds is 5. The van der Waals surface area contributed by atoms with Crippen LogP contribution in [0, 0.1) is 0 Å². The van der Waals surface area contributed by atoms with Crippen LogP contribution in [0.2, 0.25) is 0 Å². The Hall–Kier alpha value is 6.37. The largest absolute Gasteiger partial charge is 1.00 e. The molecule has 0 aliphatic carbocycles. The zero-order chi connectivity index (χ0) is 10.6. The maximum atomic E-state index is 10.1. The molecule has 0 unspecified atom stereocenters. The summed E-state index contributed by atoms with van der Waals surface area (Å²) >= 11 is 0. The van der Waals surface area contributed by atoms with E-state index in [0.717, 1.165) is 0 Å². The van der Waals surface area contributed by atoms with E-state index in [9.17, 15) is 29.7 Å². The Balaban J connectivity index is -0.0000000257. The predicted molar refractivity (Wildman–Crippen MR) is 29.2 cm³/mol. The van der Waals surface area contributed by atoms with Gasteiger partial charge in [0.2, 0.25) is 0 Å². The number of hydrogen-bond donors (Lipinski definition) is 1. The maximum absolute atomic E-state index is 10.1. The van der Waals surface area contributed by atoms with E-state index in [0.29, 0.717) is 0 Å². The van der Waals surface area contributed by atoms with E-state index in [4.69, 9.17) is 5.11 Å². The van der Waals surface area contributed by atoms with Gasteiger partial charge in [0.05, 0.1) is 5.97 Å². The monoisotopic (exact) mass is 373 g/mol.